The van der Waals surface area contributed by atoms with Crippen molar-refractivity contribution in [3.05, 3.63) is 46.4 Å². The van der Waals surface area contributed by atoms with Crippen LogP contribution < -0.4 is 10.6 Å². The molecule has 0 bridgehead atoms. The normalized spacial score (nSPS) is 22.6. The maximum Gasteiger partial charge on any atom is 0.256 e. The third-order valence-electron chi connectivity index (χ3n) is 5.54. The minimum atomic E-state index is -0.366. The Bertz CT molecular complexity index is 940. The molecule has 140 valence electrons. The van der Waals surface area contributed by atoms with E-state index in [9.17, 15) is 4.79 Å². The van der Waals surface area contributed by atoms with Crippen molar-refractivity contribution in [3.8, 4) is 5.82 Å². The van der Waals surface area contributed by atoms with E-state index < -0.39 is 0 Å². The standard InChI is InChI=1S/C20H23N5OS/c1-11-19(20(21)26)27-12(2)24(11)15-7-8-18(22-10-15)25-17(14-5-6-14)9-16(23-25)13-3-4-13/h7-10,12-14H,3-6H2,1-2H3,(H2,21,26). The van der Waals surface area contributed by atoms with Crippen molar-refractivity contribution in [1.29, 1.82) is 0 Å². The van der Waals surface area contributed by atoms with Gasteiger partial charge in [-0.25, -0.2) is 9.67 Å². The summed E-state index contributed by atoms with van der Waals surface area (Å²) in [4.78, 5) is 19.1. The summed E-state index contributed by atoms with van der Waals surface area (Å²) in [6.45, 7) is 4.00. The number of amides is 1. The Morgan fingerprint density at radius 3 is 2.52 bits per heavy atom. The number of nitrogens with two attached hydrogens (primary N) is 1. The fraction of sp³-hybridized carbons (Fsp3) is 0.450. The van der Waals surface area contributed by atoms with Gasteiger partial charge in [0.1, 0.15) is 0 Å². The molecule has 3 aliphatic rings. The van der Waals surface area contributed by atoms with Gasteiger partial charge in [0.05, 0.1) is 27.9 Å². The summed E-state index contributed by atoms with van der Waals surface area (Å²) in [5.41, 5.74) is 9.88. The lowest BCUT2D eigenvalue weighted by Gasteiger charge is -2.24. The molecule has 27 heavy (non-hydrogen) atoms. The van der Waals surface area contributed by atoms with E-state index >= 15 is 0 Å². The molecule has 6 nitrogen and oxygen atoms in total. The van der Waals surface area contributed by atoms with Crippen LogP contribution >= 0.6 is 11.8 Å². The summed E-state index contributed by atoms with van der Waals surface area (Å²) in [5.74, 6) is 1.77. The first kappa shape index (κ1) is 16.9. The summed E-state index contributed by atoms with van der Waals surface area (Å²) >= 11 is 1.50. The van der Waals surface area contributed by atoms with E-state index in [1.807, 2.05) is 23.9 Å². The van der Waals surface area contributed by atoms with Crippen LogP contribution in [0.25, 0.3) is 5.82 Å². The number of hydrogen-bond acceptors (Lipinski definition) is 5. The first-order chi connectivity index (χ1) is 13.0. The molecule has 2 aromatic heterocycles. The van der Waals surface area contributed by atoms with Gasteiger partial charge in [-0.05, 0) is 57.7 Å². The zero-order chi connectivity index (χ0) is 18.7. The Labute approximate surface area is 162 Å². The van der Waals surface area contributed by atoms with Crippen LogP contribution in [-0.2, 0) is 4.79 Å². The van der Waals surface area contributed by atoms with E-state index in [4.69, 9.17) is 15.8 Å². The van der Waals surface area contributed by atoms with Gasteiger partial charge in [0.15, 0.2) is 5.82 Å². The zero-order valence-electron chi connectivity index (χ0n) is 15.6. The van der Waals surface area contributed by atoms with Crippen LogP contribution in [-0.4, -0.2) is 26.0 Å². The van der Waals surface area contributed by atoms with Crippen LogP contribution in [0.15, 0.2) is 35.0 Å². The number of allylic oxidation sites excluding steroid dienone is 1. The highest BCUT2D eigenvalue weighted by molar-refractivity contribution is 8.05. The number of carbonyl (C=O) groups is 1. The van der Waals surface area contributed by atoms with E-state index in [-0.39, 0.29) is 11.3 Å². The molecule has 7 heteroatoms. The largest absolute Gasteiger partial charge is 0.365 e. The second-order valence-electron chi connectivity index (χ2n) is 7.69. The molecular formula is C20H23N5OS. The average molecular weight is 382 g/mol. The van der Waals surface area contributed by atoms with Gasteiger partial charge in [-0.1, -0.05) is 11.8 Å². The van der Waals surface area contributed by atoms with Crippen molar-refractivity contribution in [2.75, 3.05) is 4.90 Å². The van der Waals surface area contributed by atoms with Crippen LogP contribution in [0.3, 0.4) is 0 Å². The van der Waals surface area contributed by atoms with E-state index in [1.54, 1.807) is 0 Å². The molecule has 2 N–H and O–H groups in total. The van der Waals surface area contributed by atoms with E-state index in [1.165, 1.54) is 48.8 Å². The topological polar surface area (TPSA) is 77.0 Å². The lowest BCUT2D eigenvalue weighted by Crippen LogP contribution is -2.24. The number of thioether (sulfide) groups is 1. The van der Waals surface area contributed by atoms with Gasteiger partial charge >= 0.3 is 0 Å². The molecule has 1 aliphatic heterocycles. The SMILES string of the molecule is CC1=C(C(N)=O)SC(C)N1c1ccc(-n2nc(C3CC3)cc2C2CC2)nc1. The summed E-state index contributed by atoms with van der Waals surface area (Å²) in [6.07, 6.45) is 6.87. The van der Waals surface area contributed by atoms with Gasteiger partial charge in [0.2, 0.25) is 0 Å². The van der Waals surface area contributed by atoms with E-state index in [0.717, 1.165) is 17.2 Å². The highest BCUT2D eigenvalue weighted by atomic mass is 32.2. The third kappa shape index (κ3) is 2.94. The van der Waals surface area contributed by atoms with Crippen molar-refractivity contribution in [2.45, 2.75) is 56.7 Å². The maximum absolute atomic E-state index is 11.6. The number of primary amides is 1. The molecule has 1 unspecified atom stereocenters. The van der Waals surface area contributed by atoms with Crippen LogP contribution in [0.4, 0.5) is 5.69 Å². The molecule has 5 rings (SSSR count). The van der Waals surface area contributed by atoms with Crippen LogP contribution in [0, 0.1) is 0 Å². The van der Waals surface area contributed by atoms with Crippen molar-refractivity contribution >= 4 is 23.4 Å². The van der Waals surface area contributed by atoms with Gasteiger partial charge in [0, 0.05) is 23.2 Å². The molecule has 0 saturated heterocycles. The number of nitrogens with zero attached hydrogens (tertiary/aromatic N) is 4. The van der Waals surface area contributed by atoms with Gasteiger partial charge in [-0.2, -0.15) is 5.10 Å². The second kappa shape index (κ2) is 6.12. The lowest BCUT2D eigenvalue weighted by atomic mass is 10.2. The van der Waals surface area contributed by atoms with Gasteiger partial charge < -0.3 is 10.6 Å². The number of pyridine rings is 1. The molecule has 2 aliphatic carbocycles. The number of aromatic nitrogens is 3. The van der Waals surface area contributed by atoms with E-state index in [0.29, 0.717) is 16.7 Å². The number of anilines is 1. The fourth-order valence-electron chi connectivity index (χ4n) is 3.82. The molecule has 0 spiro atoms. The van der Waals surface area contributed by atoms with Crippen molar-refractivity contribution in [3.63, 3.8) is 0 Å². The van der Waals surface area contributed by atoms with Gasteiger partial charge in [-0.3, -0.25) is 4.79 Å². The summed E-state index contributed by atoms with van der Waals surface area (Å²) in [7, 11) is 0. The molecule has 2 aromatic rings. The highest BCUT2D eigenvalue weighted by Gasteiger charge is 2.34. The van der Waals surface area contributed by atoms with Crippen molar-refractivity contribution < 1.29 is 4.79 Å². The number of rotatable bonds is 5. The molecule has 1 amide bonds. The lowest BCUT2D eigenvalue weighted by molar-refractivity contribution is -0.113. The van der Waals surface area contributed by atoms with Crippen LogP contribution in [0.5, 0.6) is 0 Å². The first-order valence-electron chi connectivity index (χ1n) is 9.56. The molecule has 1 atom stereocenters. The minimum Gasteiger partial charge on any atom is -0.365 e. The first-order valence-corrected chi connectivity index (χ1v) is 10.4. The molecule has 2 fully saturated rings. The maximum atomic E-state index is 11.6. The van der Waals surface area contributed by atoms with Crippen molar-refractivity contribution in [1.82, 2.24) is 14.8 Å². The second-order valence-corrected chi connectivity index (χ2v) is 9.02. The Kier molecular flexibility index (Phi) is 3.82. The summed E-state index contributed by atoms with van der Waals surface area (Å²) in [5, 5.41) is 4.98. The zero-order valence-corrected chi connectivity index (χ0v) is 16.4. The smallest absolute Gasteiger partial charge is 0.256 e. The molecule has 0 aromatic carbocycles. The Balaban J connectivity index is 1.47. The predicted molar refractivity (Wildman–Crippen MR) is 107 cm³/mol. The monoisotopic (exact) mass is 381 g/mol. The Hall–Kier alpha value is -2.28. The number of hydrogen-bond donors (Lipinski definition) is 1. The fourth-order valence-corrected chi connectivity index (χ4v) is 4.93. The van der Waals surface area contributed by atoms with Gasteiger partial charge in [0.25, 0.3) is 5.91 Å². The van der Waals surface area contributed by atoms with E-state index in [2.05, 4.69) is 24.0 Å². The summed E-state index contributed by atoms with van der Waals surface area (Å²) in [6, 6.07) is 6.37. The van der Waals surface area contributed by atoms with Crippen LogP contribution in [0.2, 0.25) is 0 Å². The molecule has 3 heterocycles. The molecular weight excluding hydrogens is 358 g/mol. The van der Waals surface area contributed by atoms with Crippen molar-refractivity contribution in [2.24, 2.45) is 5.73 Å². The highest BCUT2D eigenvalue weighted by Crippen LogP contribution is 2.45. The Morgan fingerprint density at radius 2 is 1.96 bits per heavy atom. The quantitative estimate of drug-likeness (QED) is 0.856. The van der Waals surface area contributed by atoms with Gasteiger partial charge in [-0.15, -0.1) is 0 Å². The number of carbonyl (C=O) groups excluding carboxylic acids is 1. The van der Waals surface area contributed by atoms with Crippen LogP contribution in [0.1, 0.15) is 62.8 Å². The minimum absolute atomic E-state index is 0.119. The average Bonchev–Trinajstić information content (AvgIpc) is 3.58. The summed E-state index contributed by atoms with van der Waals surface area (Å²) < 4.78 is 2.04. The molecule has 2 saturated carbocycles. The Morgan fingerprint density at radius 1 is 1.22 bits per heavy atom. The molecule has 0 radical (unpaired) electrons. The third-order valence-corrected chi connectivity index (χ3v) is 6.82. The predicted octanol–water partition coefficient (Wildman–Crippen LogP) is 3.64.